The summed E-state index contributed by atoms with van der Waals surface area (Å²) in [5.74, 6) is 0.882. The number of ether oxygens (including phenoxy) is 1. The van der Waals surface area contributed by atoms with Gasteiger partial charge in [-0.3, -0.25) is 14.2 Å². The van der Waals surface area contributed by atoms with Crippen molar-refractivity contribution in [1.82, 2.24) is 25.1 Å². The number of nitrogens with one attached hydrogen (secondary N) is 1. The second-order valence-corrected chi connectivity index (χ2v) is 12.6. The molecule has 0 saturated carbocycles. The van der Waals surface area contributed by atoms with Crippen LogP contribution in [0.15, 0.2) is 101 Å². The van der Waals surface area contributed by atoms with E-state index in [-0.39, 0.29) is 30.2 Å². The molecule has 1 atom stereocenters. The van der Waals surface area contributed by atoms with Gasteiger partial charge in [0.2, 0.25) is 0 Å². The van der Waals surface area contributed by atoms with Crippen molar-refractivity contribution in [2.45, 2.75) is 38.0 Å². The van der Waals surface area contributed by atoms with Gasteiger partial charge in [-0.25, -0.2) is 5.01 Å². The summed E-state index contributed by atoms with van der Waals surface area (Å²) in [6.45, 7) is 4.20. The Labute approximate surface area is 270 Å². The SMILES string of the molecule is COc1cccc(C(=O)NCc2nnc(SCC(=O)N3N=C(c4cccs4)CC3c3ccc(C)cc3)n2-c2cccc(C)c2)c1. The lowest BCUT2D eigenvalue weighted by molar-refractivity contribution is -0.130. The third kappa shape index (κ3) is 6.84. The van der Waals surface area contributed by atoms with Crippen LogP contribution in [0.3, 0.4) is 0 Å². The Kier molecular flexibility index (Phi) is 9.08. The number of benzene rings is 3. The highest BCUT2D eigenvalue weighted by atomic mass is 32.2. The summed E-state index contributed by atoms with van der Waals surface area (Å²) in [4.78, 5) is 27.8. The van der Waals surface area contributed by atoms with Crippen LogP contribution in [0.1, 0.15) is 50.2 Å². The van der Waals surface area contributed by atoms with Gasteiger partial charge < -0.3 is 10.1 Å². The fourth-order valence-corrected chi connectivity index (χ4v) is 6.68. The normalized spacial score (nSPS) is 14.3. The largest absolute Gasteiger partial charge is 0.497 e. The average Bonchev–Trinajstić information content (AvgIpc) is 3.83. The predicted molar refractivity (Wildman–Crippen MR) is 177 cm³/mol. The zero-order valence-electron chi connectivity index (χ0n) is 25.1. The Hall–Kier alpha value is -4.74. The van der Waals surface area contributed by atoms with Crippen LogP contribution in [0.4, 0.5) is 0 Å². The molecule has 45 heavy (non-hydrogen) atoms. The lowest BCUT2D eigenvalue weighted by atomic mass is 10.00. The first-order valence-corrected chi connectivity index (χ1v) is 16.3. The minimum Gasteiger partial charge on any atom is -0.497 e. The first-order chi connectivity index (χ1) is 21.9. The number of nitrogens with zero attached hydrogens (tertiary/aromatic N) is 5. The lowest BCUT2D eigenvalue weighted by Crippen LogP contribution is -2.28. The maximum absolute atomic E-state index is 13.8. The molecule has 2 amide bonds. The highest BCUT2D eigenvalue weighted by molar-refractivity contribution is 7.99. The molecule has 228 valence electrons. The van der Waals surface area contributed by atoms with Gasteiger partial charge in [0.05, 0.1) is 36.0 Å². The number of methoxy groups -OCH3 is 1. The molecular formula is C34H32N6O3S2. The standard InChI is InChI=1S/C34H32N6O3S2/c1-22-12-14-24(15-13-22)29-19-28(30-11-6-16-44-30)38-40(29)32(41)21-45-34-37-36-31(39(34)26-9-4-7-23(2)17-26)20-35-33(42)25-8-5-10-27(18-25)43-3/h4-18,29H,19-21H2,1-3H3,(H,35,42). The Morgan fingerprint density at radius 3 is 2.56 bits per heavy atom. The number of hydrazone groups is 1. The number of hydrogen-bond acceptors (Lipinski definition) is 8. The molecule has 0 radical (unpaired) electrons. The topological polar surface area (TPSA) is 102 Å². The van der Waals surface area contributed by atoms with Crippen molar-refractivity contribution in [3.63, 3.8) is 0 Å². The minimum absolute atomic E-state index is 0.115. The number of aryl methyl sites for hydroxylation is 2. The quantitative estimate of drug-likeness (QED) is 0.179. The van der Waals surface area contributed by atoms with Crippen molar-refractivity contribution in [2.24, 2.45) is 5.10 Å². The van der Waals surface area contributed by atoms with Crippen molar-refractivity contribution in [3.05, 3.63) is 123 Å². The van der Waals surface area contributed by atoms with Crippen LogP contribution >= 0.6 is 23.1 Å². The Balaban J connectivity index is 1.23. The van der Waals surface area contributed by atoms with Gasteiger partial charge in [0.1, 0.15) is 5.75 Å². The summed E-state index contributed by atoms with van der Waals surface area (Å²) in [6, 6.07) is 27.0. The van der Waals surface area contributed by atoms with E-state index in [0.717, 1.165) is 33.0 Å². The molecule has 2 aromatic heterocycles. The van der Waals surface area contributed by atoms with Crippen molar-refractivity contribution in [1.29, 1.82) is 0 Å². The first-order valence-electron chi connectivity index (χ1n) is 14.5. The third-order valence-electron chi connectivity index (χ3n) is 7.46. The second-order valence-electron chi connectivity index (χ2n) is 10.7. The molecule has 9 nitrogen and oxygen atoms in total. The molecule has 0 bridgehead atoms. The number of thioether (sulfide) groups is 1. The van der Waals surface area contributed by atoms with Crippen molar-refractivity contribution in [3.8, 4) is 11.4 Å². The van der Waals surface area contributed by atoms with Gasteiger partial charge in [-0.2, -0.15) is 5.10 Å². The van der Waals surface area contributed by atoms with E-state index >= 15 is 0 Å². The van der Waals surface area contributed by atoms with E-state index in [0.29, 0.717) is 28.7 Å². The monoisotopic (exact) mass is 636 g/mol. The Bertz CT molecular complexity index is 1850. The number of carbonyl (C=O) groups excluding carboxylic acids is 2. The summed E-state index contributed by atoms with van der Waals surface area (Å²) in [5, 5.41) is 20.8. The highest BCUT2D eigenvalue weighted by Crippen LogP contribution is 2.35. The zero-order valence-corrected chi connectivity index (χ0v) is 26.8. The van der Waals surface area contributed by atoms with Gasteiger partial charge in [-0.1, -0.05) is 65.9 Å². The molecule has 0 fully saturated rings. The van der Waals surface area contributed by atoms with Gasteiger partial charge in [0, 0.05) is 17.7 Å². The van der Waals surface area contributed by atoms with Gasteiger partial charge in [0.15, 0.2) is 11.0 Å². The van der Waals surface area contributed by atoms with Crippen LogP contribution in [0.25, 0.3) is 5.69 Å². The molecule has 1 aliphatic rings. The van der Waals surface area contributed by atoms with Gasteiger partial charge >= 0.3 is 0 Å². The molecule has 1 N–H and O–H groups in total. The van der Waals surface area contributed by atoms with E-state index in [1.165, 1.54) is 11.8 Å². The zero-order chi connectivity index (χ0) is 31.3. The van der Waals surface area contributed by atoms with Crippen molar-refractivity contribution < 1.29 is 14.3 Å². The van der Waals surface area contributed by atoms with E-state index < -0.39 is 0 Å². The predicted octanol–water partition coefficient (Wildman–Crippen LogP) is 6.35. The minimum atomic E-state index is -0.257. The molecule has 0 saturated heterocycles. The molecule has 0 aliphatic carbocycles. The van der Waals surface area contributed by atoms with Crippen LogP contribution in [0.5, 0.6) is 5.75 Å². The average molecular weight is 637 g/mol. The van der Waals surface area contributed by atoms with Gasteiger partial charge in [-0.15, -0.1) is 21.5 Å². The molecule has 0 spiro atoms. The third-order valence-corrected chi connectivity index (χ3v) is 9.29. The van der Waals surface area contributed by atoms with E-state index in [4.69, 9.17) is 9.84 Å². The van der Waals surface area contributed by atoms with Crippen LogP contribution in [0, 0.1) is 13.8 Å². The summed E-state index contributed by atoms with van der Waals surface area (Å²) in [7, 11) is 1.56. The summed E-state index contributed by atoms with van der Waals surface area (Å²) in [6.07, 6.45) is 0.649. The fraction of sp³-hybridized carbons (Fsp3) is 0.206. The van der Waals surface area contributed by atoms with Crippen molar-refractivity contribution in [2.75, 3.05) is 12.9 Å². The molecule has 3 aromatic carbocycles. The summed E-state index contributed by atoms with van der Waals surface area (Å²) >= 11 is 2.92. The van der Waals surface area contributed by atoms with Crippen LogP contribution in [0.2, 0.25) is 0 Å². The van der Waals surface area contributed by atoms with Crippen molar-refractivity contribution >= 4 is 40.6 Å². The van der Waals surface area contributed by atoms with Crippen LogP contribution in [-0.2, 0) is 11.3 Å². The molecule has 3 heterocycles. The van der Waals surface area contributed by atoms with E-state index in [1.807, 2.05) is 53.3 Å². The van der Waals surface area contributed by atoms with Crippen LogP contribution in [-0.4, -0.2) is 50.2 Å². The maximum Gasteiger partial charge on any atom is 0.253 e. The number of carbonyl (C=O) groups is 2. The van der Waals surface area contributed by atoms with Gasteiger partial charge in [-0.05, 0) is 66.8 Å². The number of thiophene rings is 1. The molecule has 11 heteroatoms. The molecular weight excluding hydrogens is 605 g/mol. The summed E-state index contributed by atoms with van der Waals surface area (Å²) < 4.78 is 7.14. The van der Waals surface area contributed by atoms with Gasteiger partial charge in [0.25, 0.3) is 11.8 Å². The number of hydrogen-bond donors (Lipinski definition) is 1. The smallest absolute Gasteiger partial charge is 0.253 e. The Morgan fingerprint density at radius 1 is 0.978 bits per heavy atom. The molecule has 1 aliphatic heterocycles. The highest BCUT2D eigenvalue weighted by Gasteiger charge is 2.33. The maximum atomic E-state index is 13.8. The molecule has 1 unspecified atom stereocenters. The second kappa shape index (κ2) is 13.5. The van der Waals surface area contributed by atoms with E-state index in [2.05, 4.69) is 46.7 Å². The van der Waals surface area contributed by atoms with E-state index in [1.54, 1.807) is 47.7 Å². The first kappa shape index (κ1) is 30.3. The lowest BCUT2D eigenvalue weighted by Gasteiger charge is -2.22. The molecule has 5 aromatic rings. The number of aromatic nitrogens is 3. The fourth-order valence-electron chi connectivity index (χ4n) is 5.13. The van der Waals surface area contributed by atoms with Crippen LogP contribution < -0.4 is 10.1 Å². The Morgan fingerprint density at radius 2 is 1.80 bits per heavy atom. The summed E-state index contributed by atoms with van der Waals surface area (Å²) in [5.41, 5.74) is 5.51. The molecule has 6 rings (SSSR count). The number of rotatable bonds is 10. The number of amides is 2. The van der Waals surface area contributed by atoms with E-state index in [9.17, 15) is 9.59 Å².